The van der Waals surface area contributed by atoms with Gasteiger partial charge in [-0.1, -0.05) is 0 Å². The molecule has 0 aromatic carbocycles. The van der Waals surface area contributed by atoms with Crippen molar-refractivity contribution in [3.63, 3.8) is 0 Å². The van der Waals surface area contributed by atoms with Gasteiger partial charge in [-0.05, 0) is 40.2 Å². The van der Waals surface area contributed by atoms with Crippen LogP contribution in [0.3, 0.4) is 0 Å². The van der Waals surface area contributed by atoms with Crippen LogP contribution in [0.5, 0.6) is 0 Å². The minimum atomic E-state index is -3.61. The molecule has 0 saturated heterocycles. The normalized spacial score (nSPS) is 17.7. The second-order valence-corrected chi connectivity index (χ2v) is 7.32. The van der Waals surface area contributed by atoms with Crippen molar-refractivity contribution < 1.29 is 17.6 Å². The first-order chi connectivity index (χ1) is 9.85. The fourth-order valence-electron chi connectivity index (χ4n) is 2.77. The molecule has 1 saturated carbocycles. The van der Waals surface area contributed by atoms with Crippen LogP contribution in [0.4, 0.5) is 0 Å². The summed E-state index contributed by atoms with van der Waals surface area (Å²) in [6.07, 6.45) is 2.85. The van der Waals surface area contributed by atoms with Gasteiger partial charge in [-0.2, -0.15) is 0 Å². The lowest BCUT2D eigenvalue weighted by atomic mass is 9.80. The molecule has 2 rings (SSSR count). The van der Waals surface area contributed by atoms with Crippen LogP contribution in [-0.4, -0.2) is 34.7 Å². The molecule has 1 fully saturated rings. The largest absolute Gasteiger partial charge is 0.465 e. The van der Waals surface area contributed by atoms with E-state index in [4.69, 9.17) is 9.15 Å². The number of aryl methyl sites for hydroxylation is 2. The van der Waals surface area contributed by atoms with Crippen LogP contribution >= 0.6 is 0 Å². The Morgan fingerprint density at radius 2 is 1.95 bits per heavy atom. The molecule has 0 atom stereocenters. The average molecular weight is 316 g/mol. The zero-order valence-electron chi connectivity index (χ0n) is 13.1. The van der Waals surface area contributed by atoms with E-state index in [0.717, 1.165) is 19.3 Å². The van der Waals surface area contributed by atoms with Crippen molar-refractivity contribution in [2.24, 2.45) is 0 Å². The van der Waals surface area contributed by atoms with Crippen molar-refractivity contribution in [3.05, 3.63) is 17.1 Å². The molecule has 0 aliphatic heterocycles. The van der Waals surface area contributed by atoms with Gasteiger partial charge in [0.1, 0.15) is 16.4 Å². The maximum absolute atomic E-state index is 12.6. The lowest BCUT2D eigenvalue weighted by Crippen LogP contribution is -2.49. The van der Waals surface area contributed by atoms with Crippen molar-refractivity contribution in [1.29, 1.82) is 0 Å². The highest BCUT2D eigenvalue weighted by molar-refractivity contribution is 7.89. The topological polar surface area (TPSA) is 80.6 Å². The molecule has 0 unspecified atom stereocenters. The molecule has 0 radical (unpaired) electrons. The van der Waals surface area contributed by atoms with Gasteiger partial charge in [-0.15, -0.1) is 0 Å². The SMILES string of the molecule is CNCc1c(C)oc(C)c1S(=O)(=O)NCC1(OC)CCC1. The molecule has 6 nitrogen and oxygen atoms in total. The first-order valence-electron chi connectivity index (χ1n) is 7.13. The second kappa shape index (κ2) is 6.08. The lowest BCUT2D eigenvalue weighted by Gasteiger charge is -2.40. The summed E-state index contributed by atoms with van der Waals surface area (Å²) < 4.78 is 38.8. The van der Waals surface area contributed by atoms with Crippen molar-refractivity contribution in [2.45, 2.75) is 50.2 Å². The average Bonchev–Trinajstić information content (AvgIpc) is 2.64. The maximum atomic E-state index is 12.6. The Kier molecular flexibility index (Phi) is 4.77. The molecule has 0 spiro atoms. The predicted octanol–water partition coefficient (Wildman–Crippen LogP) is 1.46. The van der Waals surface area contributed by atoms with Gasteiger partial charge in [0.25, 0.3) is 0 Å². The molecule has 1 aliphatic rings. The summed E-state index contributed by atoms with van der Waals surface area (Å²) in [7, 11) is -0.196. The molecular formula is C14H24N2O4S. The van der Waals surface area contributed by atoms with Crippen molar-refractivity contribution in [2.75, 3.05) is 20.7 Å². The fourth-order valence-corrected chi connectivity index (χ4v) is 4.32. The first kappa shape index (κ1) is 16.5. The molecule has 120 valence electrons. The van der Waals surface area contributed by atoms with Gasteiger partial charge >= 0.3 is 0 Å². The number of nitrogens with one attached hydrogen (secondary N) is 2. The molecule has 1 heterocycles. The third-order valence-corrected chi connectivity index (χ3v) is 5.83. The Hall–Kier alpha value is -0.890. The van der Waals surface area contributed by atoms with Crippen molar-refractivity contribution in [1.82, 2.24) is 10.0 Å². The van der Waals surface area contributed by atoms with Gasteiger partial charge in [-0.3, -0.25) is 0 Å². The minimum Gasteiger partial charge on any atom is -0.465 e. The molecule has 1 aliphatic carbocycles. The molecule has 21 heavy (non-hydrogen) atoms. The van der Waals surface area contributed by atoms with Crippen LogP contribution in [0.25, 0.3) is 0 Å². The monoisotopic (exact) mass is 316 g/mol. The van der Waals surface area contributed by atoms with Gasteiger partial charge in [0.2, 0.25) is 10.0 Å². The number of methoxy groups -OCH3 is 1. The van der Waals surface area contributed by atoms with Crippen LogP contribution in [0.1, 0.15) is 36.3 Å². The van der Waals surface area contributed by atoms with E-state index in [0.29, 0.717) is 30.2 Å². The fraction of sp³-hybridized carbons (Fsp3) is 0.714. The highest BCUT2D eigenvalue weighted by Gasteiger charge is 2.38. The summed E-state index contributed by atoms with van der Waals surface area (Å²) in [6.45, 7) is 4.21. The molecule has 2 N–H and O–H groups in total. The Morgan fingerprint density at radius 1 is 1.29 bits per heavy atom. The van der Waals surface area contributed by atoms with Crippen LogP contribution in [0, 0.1) is 13.8 Å². The molecule has 0 amide bonds. The summed E-state index contributed by atoms with van der Waals surface area (Å²) in [6, 6.07) is 0. The van der Waals surface area contributed by atoms with E-state index in [1.54, 1.807) is 28.0 Å². The Morgan fingerprint density at radius 3 is 2.43 bits per heavy atom. The highest BCUT2D eigenvalue weighted by Crippen LogP contribution is 2.35. The number of hydrogen-bond donors (Lipinski definition) is 2. The number of sulfonamides is 1. The Bertz CT molecular complexity index is 597. The minimum absolute atomic E-state index is 0.250. The Balaban J connectivity index is 2.23. The van der Waals surface area contributed by atoms with E-state index < -0.39 is 10.0 Å². The number of furan rings is 1. The Labute approximate surface area is 126 Å². The van der Waals surface area contributed by atoms with E-state index >= 15 is 0 Å². The lowest BCUT2D eigenvalue weighted by molar-refractivity contribution is -0.0659. The highest BCUT2D eigenvalue weighted by atomic mass is 32.2. The first-order valence-corrected chi connectivity index (χ1v) is 8.62. The number of ether oxygens (including phenoxy) is 1. The van der Waals surface area contributed by atoms with Crippen LogP contribution in [0.15, 0.2) is 9.31 Å². The third-order valence-electron chi connectivity index (χ3n) is 4.23. The molecule has 0 bridgehead atoms. The third kappa shape index (κ3) is 3.15. The number of rotatable bonds is 7. The van der Waals surface area contributed by atoms with Crippen LogP contribution in [-0.2, 0) is 21.3 Å². The molecule has 1 aromatic heterocycles. The second-order valence-electron chi connectivity index (χ2n) is 5.62. The molecule has 7 heteroatoms. The molecular weight excluding hydrogens is 292 g/mol. The van der Waals surface area contributed by atoms with Crippen LogP contribution < -0.4 is 10.0 Å². The van der Waals surface area contributed by atoms with Gasteiger partial charge in [-0.25, -0.2) is 13.1 Å². The maximum Gasteiger partial charge on any atom is 0.244 e. The summed E-state index contributed by atoms with van der Waals surface area (Å²) in [5.41, 5.74) is 0.339. The molecule has 1 aromatic rings. The van der Waals surface area contributed by atoms with E-state index in [-0.39, 0.29) is 10.5 Å². The van der Waals surface area contributed by atoms with E-state index in [2.05, 4.69) is 10.0 Å². The van der Waals surface area contributed by atoms with Gasteiger partial charge in [0.15, 0.2) is 0 Å². The smallest absolute Gasteiger partial charge is 0.244 e. The van der Waals surface area contributed by atoms with E-state index in [9.17, 15) is 8.42 Å². The van der Waals surface area contributed by atoms with Gasteiger partial charge in [0.05, 0.1) is 5.60 Å². The summed E-state index contributed by atoms with van der Waals surface area (Å²) in [5, 5.41) is 2.98. The zero-order chi connectivity index (χ0) is 15.7. The zero-order valence-corrected chi connectivity index (χ0v) is 13.9. The van der Waals surface area contributed by atoms with Gasteiger partial charge in [0, 0.05) is 25.8 Å². The van der Waals surface area contributed by atoms with Gasteiger partial charge < -0.3 is 14.5 Å². The van der Waals surface area contributed by atoms with Crippen molar-refractivity contribution >= 4 is 10.0 Å². The summed E-state index contributed by atoms with van der Waals surface area (Å²) in [5.74, 6) is 1.05. The standard InChI is InChI=1S/C14H24N2O4S/c1-10-12(8-15-3)13(11(2)20-10)21(17,18)16-9-14(19-4)6-5-7-14/h15-16H,5-9H2,1-4H3. The number of hydrogen-bond acceptors (Lipinski definition) is 5. The van der Waals surface area contributed by atoms with E-state index in [1.165, 1.54) is 0 Å². The van der Waals surface area contributed by atoms with Crippen LogP contribution in [0.2, 0.25) is 0 Å². The summed E-state index contributed by atoms with van der Waals surface area (Å²) >= 11 is 0. The predicted molar refractivity (Wildman–Crippen MR) is 79.7 cm³/mol. The van der Waals surface area contributed by atoms with E-state index in [1.807, 2.05) is 0 Å². The summed E-state index contributed by atoms with van der Waals surface area (Å²) in [4.78, 5) is 0.250. The van der Waals surface area contributed by atoms with Crippen molar-refractivity contribution in [3.8, 4) is 0 Å². The quantitative estimate of drug-likeness (QED) is 0.796.